The zero-order valence-corrected chi connectivity index (χ0v) is 16.4. The van der Waals surface area contributed by atoms with Gasteiger partial charge in [0.1, 0.15) is 5.60 Å². The lowest BCUT2D eigenvalue weighted by Gasteiger charge is -2.42. The van der Waals surface area contributed by atoms with Gasteiger partial charge in [0.25, 0.3) is 0 Å². The molecule has 2 aromatic heterocycles. The molecule has 0 radical (unpaired) electrons. The molecule has 28 heavy (non-hydrogen) atoms. The number of rotatable bonds is 4. The van der Waals surface area contributed by atoms with Gasteiger partial charge >= 0.3 is 0 Å². The molecule has 0 unspecified atom stereocenters. The largest absolute Gasteiger partial charge is 0.368 e. The van der Waals surface area contributed by atoms with Gasteiger partial charge in [-0.1, -0.05) is 18.2 Å². The zero-order chi connectivity index (χ0) is 19.0. The van der Waals surface area contributed by atoms with Crippen molar-refractivity contribution in [3.63, 3.8) is 0 Å². The quantitative estimate of drug-likeness (QED) is 0.701. The van der Waals surface area contributed by atoms with Crippen LogP contribution >= 0.6 is 0 Å². The average molecular weight is 377 g/mol. The summed E-state index contributed by atoms with van der Waals surface area (Å²) in [6.45, 7) is 6.76. The van der Waals surface area contributed by atoms with Crippen LogP contribution in [0.1, 0.15) is 36.7 Å². The van der Waals surface area contributed by atoms with Crippen molar-refractivity contribution in [1.82, 2.24) is 24.5 Å². The number of ether oxygens (including phenoxy) is 1. The number of aryl methyl sites for hydroxylation is 1. The van der Waals surface area contributed by atoms with Gasteiger partial charge in [0, 0.05) is 38.6 Å². The molecule has 3 aromatic rings. The third kappa shape index (κ3) is 3.16. The van der Waals surface area contributed by atoms with E-state index in [1.165, 1.54) is 5.56 Å². The molecular weight excluding hydrogens is 350 g/mol. The molecule has 6 nitrogen and oxygen atoms in total. The van der Waals surface area contributed by atoms with Crippen molar-refractivity contribution < 1.29 is 4.74 Å². The topological polar surface area (TPSA) is 48.1 Å². The average Bonchev–Trinajstić information content (AvgIpc) is 3.38. The second-order valence-corrected chi connectivity index (χ2v) is 7.81. The van der Waals surface area contributed by atoms with Crippen molar-refractivity contribution in [2.45, 2.75) is 44.9 Å². The molecule has 0 bridgehead atoms. The molecule has 0 aliphatic carbocycles. The molecular formula is C22H27N5O. The van der Waals surface area contributed by atoms with Crippen LogP contribution < -0.4 is 0 Å². The molecule has 1 aromatic carbocycles. The van der Waals surface area contributed by atoms with Gasteiger partial charge < -0.3 is 4.74 Å². The van der Waals surface area contributed by atoms with Crippen molar-refractivity contribution in [2.75, 3.05) is 19.7 Å². The third-order valence-corrected chi connectivity index (χ3v) is 6.06. The van der Waals surface area contributed by atoms with Crippen LogP contribution in [0.4, 0.5) is 0 Å². The van der Waals surface area contributed by atoms with Crippen molar-refractivity contribution in [1.29, 1.82) is 0 Å². The number of benzene rings is 1. The second kappa shape index (κ2) is 7.18. The SMILES string of the molecule is CCn1ccc(CN2CCC3(CC2)OCCc2cn(-c4ccccc4)nc23)n1. The highest BCUT2D eigenvalue weighted by Crippen LogP contribution is 2.41. The summed E-state index contributed by atoms with van der Waals surface area (Å²) in [6, 6.07) is 12.5. The van der Waals surface area contributed by atoms with E-state index in [2.05, 4.69) is 59.6 Å². The lowest BCUT2D eigenvalue weighted by atomic mass is 9.84. The van der Waals surface area contributed by atoms with E-state index < -0.39 is 0 Å². The molecule has 1 saturated heterocycles. The van der Waals surface area contributed by atoms with Crippen LogP contribution in [0.25, 0.3) is 5.69 Å². The van der Waals surface area contributed by atoms with Crippen LogP contribution in [0, 0.1) is 0 Å². The molecule has 0 saturated carbocycles. The van der Waals surface area contributed by atoms with Crippen LogP contribution in [-0.4, -0.2) is 44.2 Å². The van der Waals surface area contributed by atoms with Gasteiger partial charge in [0.2, 0.25) is 0 Å². The summed E-state index contributed by atoms with van der Waals surface area (Å²) in [6.07, 6.45) is 7.18. The highest BCUT2D eigenvalue weighted by Gasteiger charge is 2.43. The van der Waals surface area contributed by atoms with Gasteiger partial charge in [-0.3, -0.25) is 9.58 Å². The number of hydrogen-bond donors (Lipinski definition) is 0. The fourth-order valence-corrected chi connectivity index (χ4v) is 4.46. The first-order chi connectivity index (χ1) is 13.8. The Hall–Kier alpha value is -2.44. The number of piperidine rings is 1. The number of para-hydroxylation sites is 1. The summed E-state index contributed by atoms with van der Waals surface area (Å²) in [5.74, 6) is 0. The summed E-state index contributed by atoms with van der Waals surface area (Å²) >= 11 is 0. The predicted octanol–water partition coefficient (Wildman–Crippen LogP) is 3.15. The number of nitrogens with zero attached hydrogens (tertiary/aromatic N) is 5. The van der Waals surface area contributed by atoms with E-state index in [1.54, 1.807) is 0 Å². The van der Waals surface area contributed by atoms with Gasteiger partial charge in [-0.15, -0.1) is 0 Å². The molecule has 1 fully saturated rings. The third-order valence-electron chi connectivity index (χ3n) is 6.06. The number of likely N-dealkylation sites (tertiary alicyclic amines) is 1. The Balaban J connectivity index is 1.33. The highest BCUT2D eigenvalue weighted by atomic mass is 16.5. The first-order valence-electron chi connectivity index (χ1n) is 10.3. The van der Waals surface area contributed by atoms with E-state index in [-0.39, 0.29) is 5.60 Å². The fraction of sp³-hybridized carbons (Fsp3) is 0.455. The summed E-state index contributed by atoms with van der Waals surface area (Å²) < 4.78 is 10.4. The van der Waals surface area contributed by atoms with Crippen molar-refractivity contribution in [3.05, 3.63) is 65.7 Å². The first kappa shape index (κ1) is 17.6. The summed E-state index contributed by atoms with van der Waals surface area (Å²) in [5.41, 5.74) is 4.52. The van der Waals surface area contributed by atoms with Gasteiger partial charge in [-0.25, -0.2) is 4.68 Å². The van der Waals surface area contributed by atoms with Crippen LogP contribution in [-0.2, 0) is 29.8 Å². The molecule has 6 heteroatoms. The normalized spacial score (nSPS) is 19.0. The zero-order valence-electron chi connectivity index (χ0n) is 16.4. The second-order valence-electron chi connectivity index (χ2n) is 7.81. The minimum absolute atomic E-state index is 0.229. The molecule has 0 N–H and O–H groups in total. The van der Waals surface area contributed by atoms with Crippen LogP contribution in [0.3, 0.4) is 0 Å². The maximum atomic E-state index is 6.38. The molecule has 0 atom stereocenters. The van der Waals surface area contributed by atoms with Crippen molar-refractivity contribution in [3.8, 4) is 5.69 Å². The van der Waals surface area contributed by atoms with E-state index in [0.717, 1.165) is 69.1 Å². The number of fused-ring (bicyclic) bond motifs is 2. The number of aromatic nitrogens is 4. The van der Waals surface area contributed by atoms with E-state index >= 15 is 0 Å². The standard InChI is InChI=1S/C22H27N5O/c1-2-26-12-8-19(23-26)17-25-13-10-22(11-14-25)21-18(9-15-28-22)16-27(24-21)20-6-4-3-5-7-20/h3-8,12,16H,2,9-11,13-15,17H2,1H3. The van der Waals surface area contributed by atoms with Crippen LogP contribution in [0.2, 0.25) is 0 Å². The Morgan fingerprint density at radius 1 is 1.07 bits per heavy atom. The molecule has 146 valence electrons. The van der Waals surface area contributed by atoms with E-state index in [1.807, 2.05) is 15.4 Å². The van der Waals surface area contributed by atoms with Gasteiger partial charge in [-0.05, 0) is 49.9 Å². The van der Waals surface area contributed by atoms with Gasteiger partial charge in [0.05, 0.1) is 23.7 Å². The summed E-state index contributed by atoms with van der Waals surface area (Å²) in [7, 11) is 0. The van der Waals surface area contributed by atoms with Crippen molar-refractivity contribution >= 4 is 0 Å². The Kier molecular flexibility index (Phi) is 4.53. The minimum atomic E-state index is -0.229. The Labute approximate surface area is 165 Å². The Bertz CT molecular complexity index is 937. The molecule has 5 rings (SSSR count). The molecule has 2 aliphatic heterocycles. The fourth-order valence-electron chi connectivity index (χ4n) is 4.46. The summed E-state index contributed by atoms with van der Waals surface area (Å²) in [4.78, 5) is 2.49. The monoisotopic (exact) mass is 377 g/mol. The minimum Gasteiger partial charge on any atom is -0.368 e. The smallest absolute Gasteiger partial charge is 0.115 e. The maximum absolute atomic E-state index is 6.38. The van der Waals surface area contributed by atoms with Crippen molar-refractivity contribution in [2.24, 2.45) is 0 Å². The van der Waals surface area contributed by atoms with Gasteiger partial charge in [0.15, 0.2) is 0 Å². The highest BCUT2D eigenvalue weighted by molar-refractivity contribution is 5.35. The Morgan fingerprint density at radius 2 is 1.89 bits per heavy atom. The molecule has 1 spiro atoms. The molecule has 0 amide bonds. The lowest BCUT2D eigenvalue weighted by molar-refractivity contribution is -0.102. The van der Waals surface area contributed by atoms with Gasteiger partial charge in [-0.2, -0.15) is 10.2 Å². The molecule has 4 heterocycles. The predicted molar refractivity (Wildman–Crippen MR) is 107 cm³/mol. The van der Waals surface area contributed by atoms with Crippen LogP contribution in [0.15, 0.2) is 48.8 Å². The molecule has 2 aliphatic rings. The van der Waals surface area contributed by atoms with E-state index in [9.17, 15) is 0 Å². The van der Waals surface area contributed by atoms with E-state index in [4.69, 9.17) is 9.84 Å². The first-order valence-corrected chi connectivity index (χ1v) is 10.3. The maximum Gasteiger partial charge on any atom is 0.115 e. The van der Waals surface area contributed by atoms with E-state index in [0.29, 0.717) is 0 Å². The van der Waals surface area contributed by atoms with Crippen LogP contribution in [0.5, 0.6) is 0 Å². The summed E-state index contributed by atoms with van der Waals surface area (Å²) in [5, 5.41) is 9.61. The number of hydrogen-bond acceptors (Lipinski definition) is 4. The lowest BCUT2D eigenvalue weighted by Crippen LogP contribution is -2.46. The Morgan fingerprint density at radius 3 is 2.64 bits per heavy atom.